The average molecular weight is 172 g/mol. The van der Waals surface area contributed by atoms with Gasteiger partial charge in [0.05, 0.1) is 17.5 Å². The number of rotatable bonds is 1. The van der Waals surface area contributed by atoms with Crippen molar-refractivity contribution in [3.8, 4) is 0 Å². The molecule has 2 unspecified atom stereocenters. The topological polar surface area (TPSA) is 46.5 Å². The summed E-state index contributed by atoms with van der Waals surface area (Å²) in [6, 6.07) is 0. The SMILES string of the molecule is Cn1cc2nc1C2C1c2cnc1[nH]2. The van der Waals surface area contributed by atoms with Gasteiger partial charge in [-0.3, -0.25) is 0 Å². The highest BCUT2D eigenvalue weighted by atomic mass is 15.1. The van der Waals surface area contributed by atoms with E-state index in [0.717, 1.165) is 5.82 Å². The predicted molar refractivity (Wildman–Crippen MR) is 45.5 cm³/mol. The van der Waals surface area contributed by atoms with Gasteiger partial charge in [0.25, 0.3) is 0 Å². The molecule has 0 saturated carbocycles. The Morgan fingerprint density at radius 3 is 2.85 bits per heavy atom. The van der Waals surface area contributed by atoms with E-state index < -0.39 is 0 Å². The molecule has 4 aliphatic heterocycles. The van der Waals surface area contributed by atoms with E-state index in [2.05, 4.69) is 32.8 Å². The predicted octanol–water partition coefficient (Wildman–Crippen LogP) is 0.734. The highest BCUT2D eigenvalue weighted by Gasteiger charge is 2.45. The van der Waals surface area contributed by atoms with Gasteiger partial charge in [-0.15, -0.1) is 0 Å². The van der Waals surface area contributed by atoms with Crippen molar-refractivity contribution in [3.63, 3.8) is 0 Å². The fourth-order valence-electron chi connectivity index (χ4n) is 2.40. The molecular weight excluding hydrogens is 164 g/mol. The second-order valence-corrected chi connectivity index (χ2v) is 3.81. The summed E-state index contributed by atoms with van der Waals surface area (Å²) in [6.45, 7) is 0. The Labute approximate surface area is 74.6 Å². The molecule has 4 aliphatic rings. The summed E-state index contributed by atoms with van der Waals surface area (Å²) in [6.07, 6.45) is 4.04. The van der Waals surface area contributed by atoms with Gasteiger partial charge in [-0.25, -0.2) is 9.97 Å². The summed E-state index contributed by atoms with van der Waals surface area (Å²) in [5.74, 6) is 3.30. The van der Waals surface area contributed by atoms with Crippen LogP contribution in [-0.4, -0.2) is 19.5 Å². The largest absolute Gasteiger partial charge is 0.345 e. The fourth-order valence-corrected chi connectivity index (χ4v) is 2.40. The van der Waals surface area contributed by atoms with Gasteiger partial charge in [0.1, 0.15) is 11.6 Å². The molecule has 4 bridgehead atoms. The lowest BCUT2D eigenvalue weighted by Crippen LogP contribution is -2.25. The molecule has 6 heterocycles. The molecule has 0 spiro atoms. The van der Waals surface area contributed by atoms with Gasteiger partial charge in [-0.2, -0.15) is 0 Å². The van der Waals surface area contributed by atoms with Crippen LogP contribution in [0.5, 0.6) is 0 Å². The lowest BCUT2D eigenvalue weighted by molar-refractivity contribution is 0.530. The van der Waals surface area contributed by atoms with Crippen molar-refractivity contribution in [1.82, 2.24) is 19.5 Å². The summed E-state index contributed by atoms with van der Waals surface area (Å²) in [4.78, 5) is 11.9. The maximum absolute atomic E-state index is 4.39. The first-order valence-electron chi connectivity index (χ1n) is 4.42. The van der Waals surface area contributed by atoms with E-state index in [-0.39, 0.29) is 0 Å². The number of aromatic amines is 1. The fraction of sp³-hybridized carbons (Fsp3) is 0.333. The number of aromatic nitrogens is 4. The molecule has 0 amide bonds. The van der Waals surface area contributed by atoms with Crippen LogP contribution in [0.15, 0.2) is 12.4 Å². The van der Waals surface area contributed by atoms with Crippen LogP contribution < -0.4 is 0 Å². The monoisotopic (exact) mass is 172 g/mol. The van der Waals surface area contributed by atoms with E-state index >= 15 is 0 Å². The molecule has 1 N–H and O–H groups in total. The highest BCUT2D eigenvalue weighted by Crippen LogP contribution is 2.49. The number of nitrogens with zero attached hydrogens (tertiary/aromatic N) is 3. The molecule has 0 fully saturated rings. The second-order valence-electron chi connectivity index (χ2n) is 3.81. The summed E-state index contributed by atoms with van der Waals surface area (Å²) >= 11 is 0. The number of hydrogen-bond acceptors (Lipinski definition) is 2. The molecule has 0 saturated heterocycles. The van der Waals surface area contributed by atoms with Crippen molar-refractivity contribution in [3.05, 3.63) is 35.4 Å². The number of imidazole rings is 2. The van der Waals surface area contributed by atoms with E-state index in [9.17, 15) is 0 Å². The molecule has 0 radical (unpaired) electrons. The van der Waals surface area contributed by atoms with Gasteiger partial charge < -0.3 is 9.55 Å². The smallest absolute Gasteiger partial charge is 0.119 e. The van der Waals surface area contributed by atoms with Gasteiger partial charge in [0, 0.05) is 25.1 Å². The first-order chi connectivity index (χ1) is 6.34. The first-order valence-corrected chi connectivity index (χ1v) is 4.42. The maximum Gasteiger partial charge on any atom is 0.119 e. The normalized spacial score (nSPS) is 26.8. The van der Waals surface area contributed by atoms with Crippen LogP contribution in [0.1, 0.15) is 34.9 Å². The molecule has 6 rings (SSSR count). The molecule has 13 heavy (non-hydrogen) atoms. The van der Waals surface area contributed by atoms with E-state index in [4.69, 9.17) is 0 Å². The van der Waals surface area contributed by atoms with Gasteiger partial charge in [0.2, 0.25) is 0 Å². The van der Waals surface area contributed by atoms with Crippen LogP contribution in [0.4, 0.5) is 0 Å². The number of hydrogen-bond donors (Lipinski definition) is 1. The van der Waals surface area contributed by atoms with Gasteiger partial charge in [-0.1, -0.05) is 0 Å². The van der Waals surface area contributed by atoms with Crippen molar-refractivity contribution < 1.29 is 0 Å². The Morgan fingerprint density at radius 1 is 1.46 bits per heavy atom. The van der Waals surface area contributed by atoms with Crippen molar-refractivity contribution >= 4 is 0 Å². The number of fused-ring (bicyclic) bond motifs is 3. The highest BCUT2D eigenvalue weighted by molar-refractivity contribution is 5.42. The van der Waals surface area contributed by atoms with Crippen molar-refractivity contribution in [1.29, 1.82) is 0 Å². The zero-order valence-electron chi connectivity index (χ0n) is 7.15. The lowest BCUT2D eigenvalue weighted by atomic mass is 9.82. The van der Waals surface area contributed by atoms with Crippen LogP contribution in [0.3, 0.4) is 0 Å². The van der Waals surface area contributed by atoms with Crippen LogP contribution in [0.25, 0.3) is 0 Å². The Balaban J connectivity index is 1.81. The zero-order chi connectivity index (χ0) is 8.58. The molecule has 4 heteroatoms. The average Bonchev–Trinajstić information content (AvgIpc) is 2.72. The third kappa shape index (κ3) is 0.475. The van der Waals surface area contributed by atoms with Crippen LogP contribution >= 0.6 is 0 Å². The summed E-state index contributed by atoms with van der Waals surface area (Å²) in [5, 5.41) is 0. The minimum absolute atomic E-state index is 0.490. The van der Waals surface area contributed by atoms with Crippen LogP contribution in [0.2, 0.25) is 0 Å². The molecule has 4 nitrogen and oxygen atoms in total. The van der Waals surface area contributed by atoms with E-state index in [0.29, 0.717) is 11.8 Å². The summed E-state index contributed by atoms with van der Waals surface area (Å²) < 4.78 is 2.11. The third-order valence-corrected chi connectivity index (χ3v) is 3.11. The van der Waals surface area contributed by atoms with Gasteiger partial charge in [-0.05, 0) is 0 Å². The van der Waals surface area contributed by atoms with Crippen molar-refractivity contribution in [2.24, 2.45) is 7.05 Å². The third-order valence-electron chi connectivity index (χ3n) is 3.11. The Kier molecular flexibility index (Phi) is 0.711. The minimum Gasteiger partial charge on any atom is -0.345 e. The summed E-state index contributed by atoms with van der Waals surface area (Å²) in [7, 11) is 2.05. The Hall–Kier alpha value is -1.58. The number of nitrogens with one attached hydrogen (secondary N) is 1. The van der Waals surface area contributed by atoms with Crippen molar-refractivity contribution in [2.75, 3.05) is 0 Å². The zero-order valence-corrected chi connectivity index (χ0v) is 7.15. The second kappa shape index (κ2) is 1.55. The van der Waals surface area contributed by atoms with Gasteiger partial charge in [0.15, 0.2) is 0 Å². The molecule has 0 aliphatic carbocycles. The molecule has 64 valence electrons. The van der Waals surface area contributed by atoms with E-state index in [1.165, 1.54) is 17.2 Å². The molecule has 2 atom stereocenters. The van der Waals surface area contributed by atoms with Gasteiger partial charge >= 0.3 is 0 Å². The van der Waals surface area contributed by atoms with E-state index in [1.807, 2.05) is 6.20 Å². The Bertz CT molecular complexity index is 481. The Morgan fingerprint density at radius 2 is 2.38 bits per heavy atom. The molecular formula is C9H8N4. The standard InChI is InChI=1S/C9H8N4/c1-13-3-5-7(9(13)12-5)6-4-2-10-8(6)11-4/h2-3,6-7H,1H3,(H,10,11). The lowest BCUT2D eigenvalue weighted by Gasteiger charge is -2.29. The molecule has 0 aromatic carbocycles. The summed E-state index contributed by atoms with van der Waals surface area (Å²) in [5.41, 5.74) is 2.47. The molecule has 2 aromatic heterocycles. The van der Waals surface area contributed by atoms with Crippen LogP contribution in [0, 0.1) is 0 Å². The van der Waals surface area contributed by atoms with E-state index in [1.54, 1.807) is 0 Å². The van der Waals surface area contributed by atoms with Crippen molar-refractivity contribution in [2.45, 2.75) is 11.8 Å². The van der Waals surface area contributed by atoms with Crippen LogP contribution in [-0.2, 0) is 7.05 Å². The maximum atomic E-state index is 4.39. The number of H-pyrrole nitrogens is 1. The number of aryl methyl sites for hydroxylation is 1. The quantitative estimate of drug-likeness (QED) is 0.689. The molecule has 2 aromatic rings. The first kappa shape index (κ1) is 5.96. The minimum atomic E-state index is 0.490.